The van der Waals surface area contributed by atoms with Gasteiger partial charge in [-0.15, -0.1) is 0 Å². The number of hydrogen-bond donors (Lipinski definition) is 0. The smallest absolute Gasteiger partial charge is 0.123 e. The van der Waals surface area contributed by atoms with Gasteiger partial charge in [0.25, 0.3) is 0 Å². The summed E-state index contributed by atoms with van der Waals surface area (Å²) in [6, 6.07) is 10.8. The van der Waals surface area contributed by atoms with Crippen LogP contribution < -0.4 is 4.74 Å². The highest BCUT2D eigenvalue weighted by Crippen LogP contribution is 2.37. The molecule has 100 valence electrons. The molecule has 0 N–H and O–H groups in total. The van der Waals surface area contributed by atoms with Gasteiger partial charge in [-0.05, 0) is 48.7 Å². The molecular weight excluding hydrogens is 307 g/mol. The van der Waals surface area contributed by atoms with Crippen LogP contribution in [0, 0.1) is 19.7 Å². The topological polar surface area (TPSA) is 9.23 Å². The van der Waals surface area contributed by atoms with E-state index in [4.69, 9.17) is 4.74 Å². The van der Waals surface area contributed by atoms with E-state index in [0.717, 1.165) is 11.1 Å². The van der Waals surface area contributed by atoms with E-state index in [-0.39, 0.29) is 10.6 Å². The van der Waals surface area contributed by atoms with E-state index in [9.17, 15) is 4.39 Å². The van der Waals surface area contributed by atoms with Gasteiger partial charge in [0.1, 0.15) is 11.6 Å². The van der Waals surface area contributed by atoms with Crippen LogP contribution in [-0.4, -0.2) is 7.11 Å². The number of halogens is 2. The van der Waals surface area contributed by atoms with Crippen LogP contribution in [0.15, 0.2) is 36.4 Å². The Morgan fingerprint density at radius 1 is 1.05 bits per heavy atom. The van der Waals surface area contributed by atoms with Gasteiger partial charge in [0, 0.05) is 5.56 Å². The Hall–Kier alpha value is -1.35. The molecule has 0 aliphatic heterocycles. The molecule has 0 aliphatic rings. The van der Waals surface area contributed by atoms with Crippen molar-refractivity contribution in [1.29, 1.82) is 0 Å². The zero-order valence-corrected chi connectivity index (χ0v) is 12.8. The zero-order chi connectivity index (χ0) is 14.0. The highest BCUT2D eigenvalue weighted by Gasteiger charge is 2.16. The van der Waals surface area contributed by atoms with Crippen molar-refractivity contribution in [1.82, 2.24) is 0 Å². The third-order valence-corrected chi connectivity index (χ3v) is 4.31. The number of benzene rings is 2. The molecule has 3 heteroatoms. The Morgan fingerprint density at radius 2 is 1.79 bits per heavy atom. The Morgan fingerprint density at radius 3 is 2.42 bits per heavy atom. The van der Waals surface area contributed by atoms with Crippen LogP contribution in [0.4, 0.5) is 4.39 Å². The molecule has 1 unspecified atom stereocenters. The van der Waals surface area contributed by atoms with Crippen LogP contribution in [0.2, 0.25) is 0 Å². The summed E-state index contributed by atoms with van der Waals surface area (Å²) in [5.74, 6) is 0.422. The van der Waals surface area contributed by atoms with Gasteiger partial charge in [0.05, 0.1) is 11.9 Å². The Balaban J connectivity index is 2.45. The second-order valence-corrected chi connectivity index (χ2v) is 5.51. The molecule has 2 rings (SSSR count). The summed E-state index contributed by atoms with van der Waals surface area (Å²) < 4.78 is 18.7. The molecule has 2 aromatic rings. The summed E-state index contributed by atoms with van der Waals surface area (Å²) in [5, 5.41) is 0. The second-order valence-electron chi connectivity index (χ2n) is 4.59. The maximum Gasteiger partial charge on any atom is 0.123 e. The van der Waals surface area contributed by atoms with Crippen LogP contribution in [-0.2, 0) is 0 Å². The molecular formula is C16H16BrFO. The van der Waals surface area contributed by atoms with Crippen LogP contribution in [0.5, 0.6) is 5.75 Å². The fourth-order valence-corrected chi connectivity index (χ4v) is 2.65. The Labute approximate surface area is 121 Å². The monoisotopic (exact) mass is 322 g/mol. The molecule has 0 spiro atoms. The van der Waals surface area contributed by atoms with Crippen molar-refractivity contribution in [3.8, 4) is 5.75 Å². The van der Waals surface area contributed by atoms with Gasteiger partial charge in [-0.25, -0.2) is 4.39 Å². The van der Waals surface area contributed by atoms with E-state index in [1.165, 1.54) is 23.3 Å². The van der Waals surface area contributed by atoms with Gasteiger partial charge in [-0.1, -0.05) is 34.1 Å². The standard InChI is InChI=1S/C16H16BrFO/c1-10-4-5-12(8-11(10)2)16(17)14-9-13(18)6-7-15(14)19-3/h4-9,16H,1-3H3. The molecule has 19 heavy (non-hydrogen) atoms. The van der Waals surface area contributed by atoms with Gasteiger partial charge < -0.3 is 4.74 Å². The molecule has 0 saturated heterocycles. The summed E-state index contributed by atoms with van der Waals surface area (Å²) in [5.41, 5.74) is 4.35. The van der Waals surface area contributed by atoms with Gasteiger partial charge in [0.2, 0.25) is 0 Å². The lowest BCUT2D eigenvalue weighted by Crippen LogP contribution is -1.99. The van der Waals surface area contributed by atoms with Crippen LogP contribution >= 0.6 is 15.9 Å². The fraction of sp³-hybridized carbons (Fsp3) is 0.250. The van der Waals surface area contributed by atoms with E-state index in [2.05, 4.69) is 41.9 Å². The average molecular weight is 323 g/mol. The first kappa shape index (κ1) is 14.1. The number of alkyl halides is 1. The largest absolute Gasteiger partial charge is 0.496 e. The van der Waals surface area contributed by atoms with Crippen molar-refractivity contribution < 1.29 is 9.13 Å². The first-order valence-electron chi connectivity index (χ1n) is 6.07. The molecule has 0 heterocycles. The summed E-state index contributed by atoms with van der Waals surface area (Å²) in [7, 11) is 1.59. The van der Waals surface area contributed by atoms with Crippen molar-refractivity contribution >= 4 is 15.9 Å². The molecule has 0 bridgehead atoms. The predicted molar refractivity (Wildman–Crippen MR) is 79.6 cm³/mol. The van der Waals surface area contributed by atoms with Gasteiger partial charge >= 0.3 is 0 Å². The normalized spacial score (nSPS) is 12.3. The number of ether oxygens (including phenoxy) is 1. The Kier molecular flexibility index (Phi) is 4.25. The van der Waals surface area contributed by atoms with Crippen LogP contribution in [0.25, 0.3) is 0 Å². The second kappa shape index (κ2) is 5.74. The predicted octanol–water partition coefficient (Wildman–Crippen LogP) is 4.94. The van der Waals surface area contributed by atoms with Crippen LogP contribution in [0.1, 0.15) is 27.1 Å². The van der Waals surface area contributed by atoms with E-state index in [1.54, 1.807) is 13.2 Å². The summed E-state index contributed by atoms with van der Waals surface area (Å²) in [4.78, 5) is -0.0857. The number of methoxy groups -OCH3 is 1. The molecule has 0 radical (unpaired) electrons. The SMILES string of the molecule is COc1ccc(F)cc1C(Br)c1ccc(C)c(C)c1. The maximum absolute atomic E-state index is 13.4. The molecule has 1 nitrogen and oxygen atoms in total. The van der Waals surface area contributed by atoms with E-state index in [0.29, 0.717) is 5.75 Å². The third kappa shape index (κ3) is 2.98. The average Bonchev–Trinajstić information content (AvgIpc) is 2.41. The van der Waals surface area contributed by atoms with Crippen LogP contribution in [0.3, 0.4) is 0 Å². The molecule has 0 fully saturated rings. The van der Waals surface area contributed by atoms with E-state index < -0.39 is 0 Å². The Bertz CT molecular complexity index is 595. The van der Waals surface area contributed by atoms with Crippen molar-refractivity contribution in [2.75, 3.05) is 7.11 Å². The molecule has 0 aromatic heterocycles. The van der Waals surface area contributed by atoms with E-state index >= 15 is 0 Å². The molecule has 0 saturated carbocycles. The molecule has 0 aliphatic carbocycles. The molecule has 2 aromatic carbocycles. The lowest BCUT2D eigenvalue weighted by molar-refractivity contribution is 0.409. The van der Waals surface area contributed by atoms with E-state index in [1.807, 2.05) is 6.07 Å². The quantitative estimate of drug-likeness (QED) is 0.727. The zero-order valence-electron chi connectivity index (χ0n) is 11.2. The van der Waals surface area contributed by atoms with Crippen molar-refractivity contribution in [3.05, 3.63) is 64.5 Å². The van der Waals surface area contributed by atoms with Gasteiger partial charge in [-0.3, -0.25) is 0 Å². The summed E-state index contributed by atoms with van der Waals surface area (Å²) in [6.45, 7) is 4.15. The minimum absolute atomic E-state index is 0.0857. The minimum atomic E-state index is -0.260. The highest BCUT2D eigenvalue weighted by molar-refractivity contribution is 9.09. The molecule has 1 atom stereocenters. The highest BCUT2D eigenvalue weighted by atomic mass is 79.9. The third-order valence-electron chi connectivity index (χ3n) is 3.29. The number of rotatable bonds is 3. The van der Waals surface area contributed by atoms with Gasteiger partial charge in [0.15, 0.2) is 0 Å². The van der Waals surface area contributed by atoms with Crippen molar-refractivity contribution in [3.63, 3.8) is 0 Å². The van der Waals surface area contributed by atoms with Crippen molar-refractivity contribution in [2.45, 2.75) is 18.7 Å². The van der Waals surface area contributed by atoms with Gasteiger partial charge in [-0.2, -0.15) is 0 Å². The fourth-order valence-electron chi connectivity index (χ4n) is 2.01. The summed E-state index contributed by atoms with van der Waals surface area (Å²) >= 11 is 3.63. The first-order chi connectivity index (χ1) is 9.02. The number of hydrogen-bond acceptors (Lipinski definition) is 1. The lowest BCUT2D eigenvalue weighted by atomic mass is 10.00. The summed E-state index contributed by atoms with van der Waals surface area (Å²) in [6.07, 6.45) is 0. The first-order valence-corrected chi connectivity index (χ1v) is 6.99. The van der Waals surface area contributed by atoms with Crippen molar-refractivity contribution in [2.24, 2.45) is 0 Å². The minimum Gasteiger partial charge on any atom is -0.496 e. The maximum atomic E-state index is 13.4. The number of aryl methyl sites for hydroxylation is 2. The molecule has 0 amide bonds. The lowest BCUT2D eigenvalue weighted by Gasteiger charge is -2.16.